The van der Waals surface area contributed by atoms with Crippen LogP contribution in [0.5, 0.6) is 0 Å². The zero-order valence-electron chi connectivity index (χ0n) is 11.4. The van der Waals surface area contributed by atoms with E-state index < -0.39 is 0 Å². The number of nitrogens with one attached hydrogen (secondary N) is 1. The number of benzene rings is 1. The van der Waals surface area contributed by atoms with Crippen LogP contribution in [0.3, 0.4) is 0 Å². The number of rotatable bonds is 6. The van der Waals surface area contributed by atoms with E-state index in [0.29, 0.717) is 12.0 Å². The molecule has 0 spiro atoms. The minimum absolute atomic E-state index is 0.540. The molecular weight excluding hydrogens is 234 g/mol. The SMILES string of the molecule is CC(CNCc1cncn1C1CC1)c1ccccc1. The van der Waals surface area contributed by atoms with Crippen LogP contribution in [0.1, 0.15) is 43.0 Å². The van der Waals surface area contributed by atoms with Gasteiger partial charge in [0, 0.05) is 25.3 Å². The fraction of sp³-hybridized carbons (Fsp3) is 0.438. The predicted molar refractivity (Wildman–Crippen MR) is 77.1 cm³/mol. The first-order valence-electron chi connectivity index (χ1n) is 7.11. The van der Waals surface area contributed by atoms with Gasteiger partial charge in [-0.2, -0.15) is 0 Å². The molecule has 1 fully saturated rings. The lowest BCUT2D eigenvalue weighted by Gasteiger charge is -2.13. The maximum atomic E-state index is 4.26. The van der Waals surface area contributed by atoms with Gasteiger partial charge in [-0.05, 0) is 24.3 Å². The topological polar surface area (TPSA) is 29.9 Å². The van der Waals surface area contributed by atoms with Crippen LogP contribution >= 0.6 is 0 Å². The van der Waals surface area contributed by atoms with E-state index in [1.165, 1.54) is 24.1 Å². The van der Waals surface area contributed by atoms with Crippen LogP contribution in [-0.4, -0.2) is 16.1 Å². The summed E-state index contributed by atoms with van der Waals surface area (Å²) < 4.78 is 2.32. The maximum Gasteiger partial charge on any atom is 0.0951 e. The number of hydrogen-bond acceptors (Lipinski definition) is 2. The second-order valence-electron chi connectivity index (χ2n) is 5.47. The van der Waals surface area contributed by atoms with E-state index in [0.717, 1.165) is 13.1 Å². The van der Waals surface area contributed by atoms with Crippen LogP contribution < -0.4 is 5.32 Å². The summed E-state index contributed by atoms with van der Waals surface area (Å²) in [6.07, 6.45) is 6.57. The van der Waals surface area contributed by atoms with Crippen molar-refractivity contribution in [2.75, 3.05) is 6.54 Å². The number of nitrogens with zero attached hydrogens (tertiary/aromatic N) is 2. The number of imidazole rings is 1. The van der Waals surface area contributed by atoms with Crippen LogP contribution in [0.15, 0.2) is 42.9 Å². The fourth-order valence-corrected chi connectivity index (χ4v) is 2.47. The lowest BCUT2D eigenvalue weighted by atomic mass is 10.0. The van der Waals surface area contributed by atoms with Crippen molar-refractivity contribution >= 4 is 0 Å². The second-order valence-corrected chi connectivity index (χ2v) is 5.47. The Kier molecular flexibility index (Phi) is 3.65. The molecule has 0 saturated heterocycles. The molecule has 1 unspecified atom stereocenters. The Morgan fingerprint density at radius 3 is 2.84 bits per heavy atom. The third kappa shape index (κ3) is 3.04. The summed E-state index contributed by atoms with van der Waals surface area (Å²) in [5.74, 6) is 0.540. The highest BCUT2D eigenvalue weighted by molar-refractivity contribution is 5.19. The van der Waals surface area contributed by atoms with Crippen molar-refractivity contribution in [3.63, 3.8) is 0 Å². The Morgan fingerprint density at radius 2 is 2.11 bits per heavy atom. The predicted octanol–water partition coefficient (Wildman–Crippen LogP) is 3.11. The van der Waals surface area contributed by atoms with Crippen molar-refractivity contribution in [2.45, 2.75) is 38.3 Å². The Hall–Kier alpha value is -1.61. The van der Waals surface area contributed by atoms with Gasteiger partial charge < -0.3 is 9.88 Å². The first-order chi connectivity index (χ1) is 9.34. The highest BCUT2D eigenvalue weighted by atomic mass is 15.1. The Labute approximate surface area is 114 Å². The van der Waals surface area contributed by atoms with E-state index in [-0.39, 0.29) is 0 Å². The Bertz CT molecular complexity index is 514. The number of aromatic nitrogens is 2. The van der Waals surface area contributed by atoms with E-state index in [9.17, 15) is 0 Å². The number of hydrogen-bond donors (Lipinski definition) is 1. The lowest BCUT2D eigenvalue weighted by molar-refractivity contribution is 0.582. The van der Waals surface area contributed by atoms with Crippen molar-refractivity contribution in [1.82, 2.24) is 14.9 Å². The van der Waals surface area contributed by atoms with E-state index in [1.54, 1.807) is 0 Å². The summed E-state index contributed by atoms with van der Waals surface area (Å²) in [5, 5.41) is 3.55. The first kappa shape index (κ1) is 12.4. The Morgan fingerprint density at radius 1 is 1.32 bits per heavy atom. The molecule has 2 aromatic rings. The largest absolute Gasteiger partial charge is 0.330 e. The minimum Gasteiger partial charge on any atom is -0.330 e. The molecule has 1 aliphatic rings. The Balaban J connectivity index is 1.51. The van der Waals surface area contributed by atoms with E-state index in [1.807, 2.05) is 12.5 Å². The molecule has 19 heavy (non-hydrogen) atoms. The first-order valence-corrected chi connectivity index (χ1v) is 7.11. The zero-order chi connectivity index (χ0) is 13.1. The van der Waals surface area contributed by atoms with Gasteiger partial charge in [0.2, 0.25) is 0 Å². The molecule has 1 N–H and O–H groups in total. The van der Waals surface area contributed by atoms with Crippen LogP contribution in [0.4, 0.5) is 0 Å². The highest BCUT2D eigenvalue weighted by Crippen LogP contribution is 2.35. The summed E-state index contributed by atoms with van der Waals surface area (Å²) in [6, 6.07) is 11.4. The second kappa shape index (κ2) is 5.57. The smallest absolute Gasteiger partial charge is 0.0951 e. The normalized spacial score (nSPS) is 16.5. The highest BCUT2D eigenvalue weighted by Gasteiger charge is 2.24. The summed E-state index contributed by atoms with van der Waals surface area (Å²) in [6.45, 7) is 4.17. The summed E-state index contributed by atoms with van der Waals surface area (Å²) in [4.78, 5) is 4.26. The van der Waals surface area contributed by atoms with Gasteiger partial charge >= 0.3 is 0 Å². The van der Waals surface area contributed by atoms with Crippen molar-refractivity contribution in [3.05, 3.63) is 54.1 Å². The summed E-state index contributed by atoms with van der Waals surface area (Å²) >= 11 is 0. The summed E-state index contributed by atoms with van der Waals surface area (Å²) in [7, 11) is 0. The molecule has 0 radical (unpaired) electrons. The molecule has 1 aromatic carbocycles. The fourth-order valence-electron chi connectivity index (χ4n) is 2.47. The molecule has 0 aliphatic heterocycles. The van der Waals surface area contributed by atoms with Crippen molar-refractivity contribution < 1.29 is 0 Å². The molecule has 1 aliphatic carbocycles. The van der Waals surface area contributed by atoms with E-state index in [4.69, 9.17) is 0 Å². The summed E-state index contributed by atoms with van der Waals surface area (Å²) in [5.41, 5.74) is 2.70. The van der Waals surface area contributed by atoms with Crippen molar-refractivity contribution in [2.24, 2.45) is 0 Å². The van der Waals surface area contributed by atoms with Gasteiger partial charge in [0.15, 0.2) is 0 Å². The van der Waals surface area contributed by atoms with Gasteiger partial charge in [0.25, 0.3) is 0 Å². The molecule has 1 heterocycles. The van der Waals surface area contributed by atoms with Crippen LogP contribution in [0.2, 0.25) is 0 Å². The van der Waals surface area contributed by atoms with Gasteiger partial charge in [-0.3, -0.25) is 0 Å². The van der Waals surface area contributed by atoms with Crippen molar-refractivity contribution in [3.8, 4) is 0 Å². The van der Waals surface area contributed by atoms with Gasteiger partial charge in [-0.1, -0.05) is 37.3 Å². The molecule has 1 saturated carbocycles. The molecule has 1 atom stereocenters. The average Bonchev–Trinajstić information content (AvgIpc) is 3.19. The minimum atomic E-state index is 0.540. The van der Waals surface area contributed by atoms with Gasteiger partial charge in [0.05, 0.1) is 12.0 Å². The van der Waals surface area contributed by atoms with Gasteiger partial charge in [-0.15, -0.1) is 0 Å². The molecule has 3 nitrogen and oxygen atoms in total. The van der Waals surface area contributed by atoms with E-state index in [2.05, 4.69) is 52.1 Å². The average molecular weight is 255 g/mol. The monoisotopic (exact) mass is 255 g/mol. The zero-order valence-corrected chi connectivity index (χ0v) is 11.4. The van der Waals surface area contributed by atoms with Crippen LogP contribution in [0, 0.1) is 0 Å². The van der Waals surface area contributed by atoms with Crippen LogP contribution in [0.25, 0.3) is 0 Å². The third-order valence-electron chi connectivity index (χ3n) is 3.81. The van der Waals surface area contributed by atoms with Crippen LogP contribution in [-0.2, 0) is 6.54 Å². The molecule has 100 valence electrons. The van der Waals surface area contributed by atoms with Gasteiger partial charge in [0.1, 0.15) is 0 Å². The standard InChI is InChI=1S/C16H21N3/c1-13(14-5-3-2-4-6-14)9-17-10-16-11-18-12-19(16)15-7-8-15/h2-6,11-13,15,17H,7-10H2,1H3. The van der Waals surface area contributed by atoms with Crippen molar-refractivity contribution in [1.29, 1.82) is 0 Å². The molecule has 1 aromatic heterocycles. The third-order valence-corrected chi connectivity index (χ3v) is 3.81. The van der Waals surface area contributed by atoms with E-state index >= 15 is 0 Å². The molecular formula is C16H21N3. The quantitative estimate of drug-likeness (QED) is 0.859. The molecule has 0 amide bonds. The maximum absolute atomic E-state index is 4.26. The molecule has 3 rings (SSSR count). The molecule has 0 bridgehead atoms. The lowest BCUT2D eigenvalue weighted by Crippen LogP contribution is -2.21. The van der Waals surface area contributed by atoms with Gasteiger partial charge in [-0.25, -0.2) is 4.98 Å². The molecule has 3 heteroatoms.